The Morgan fingerprint density at radius 2 is 1.57 bits per heavy atom. The second kappa shape index (κ2) is 8.89. The largest absolute Gasteiger partial charge is 0.381 e. The molecule has 148 valence electrons. The summed E-state index contributed by atoms with van der Waals surface area (Å²) in [5.74, 6) is 0.114. The maximum Gasteiger partial charge on any atom is 0.231 e. The number of hydrogen-bond acceptors (Lipinski definition) is 3. The average molecular weight is 379 g/mol. The molecule has 4 rings (SSSR count). The molecule has 0 unspecified atom stereocenters. The smallest absolute Gasteiger partial charge is 0.231 e. The van der Waals surface area contributed by atoms with Gasteiger partial charge in [0.25, 0.3) is 0 Å². The first-order valence-electron chi connectivity index (χ1n) is 10.5. The van der Waals surface area contributed by atoms with Crippen molar-refractivity contribution >= 4 is 5.91 Å². The number of ether oxygens (including phenoxy) is 1. The summed E-state index contributed by atoms with van der Waals surface area (Å²) in [6.07, 6.45) is 4.10. The van der Waals surface area contributed by atoms with Crippen LogP contribution >= 0.6 is 0 Å². The maximum absolute atomic E-state index is 13.2. The molecule has 0 atom stereocenters. The highest BCUT2D eigenvalue weighted by Gasteiger charge is 2.41. The molecule has 28 heavy (non-hydrogen) atoms. The monoisotopic (exact) mass is 378 g/mol. The summed E-state index contributed by atoms with van der Waals surface area (Å²) in [4.78, 5) is 15.7. The van der Waals surface area contributed by atoms with E-state index in [1.54, 1.807) is 0 Å². The highest BCUT2D eigenvalue weighted by atomic mass is 16.5. The van der Waals surface area contributed by atoms with E-state index in [4.69, 9.17) is 4.74 Å². The van der Waals surface area contributed by atoms with E-state index in [2.05, 4.69) is 46.6 Å². The lowest BCUT2D eigenvalue weighted by Crippen LogP contribution is -2.47. The van der Waals surface area contributed by atoms with Crippen molar-refractivity contribution < 1.29 is 9.53 Å². The van der Waals surface area contributed by atoms with Crippen LogP contribution in [0, 0.1) is 0 Å². The highest BCUT2D eigenvalue weighted by molar-refractivity contribution is 5.88. The first kappa shape index (κ1) is 19.2. The lowest BCUT2D eigenvalue weighted by atomic mass is 9.73. The Kier molecular flexibility index (Phi) is 6.08. The standard InChI is InChI=1S/C24H30N2O2/c27-23(24(12-16-28-17-13-24)22-6-2-1-3-7-22)25-18-20-8-10-21(11-9-20)19-26-14-4-5-15-26/h1-3,6-11H,4-5,12-19H2,(H,25,27). The summed E-state index contributed by atoms with van der Waals surface area (Å²) in [6.45, 7) is 5.29. The Balaban J connectivity index is 1.39. The summed E-state index contributed by atoms with van der Waals surface area (Å²) in [6, 6.07) is 18.8. The molecule has 1 amide bonds. The van der Waals surface area contributed by atoms with Gasteiger partial charge in [-0.1, -0.05) is 54.6 Å². The summed E-state index contributed by atoms with van der Waals surface area (Å²) in [5.41, 5.74) is 3.11. The van der Waals surface area contributed by atoms with Crippen molar-refractivity contribution in [1.29, 1.82) is 0 Å². The van der Waals surface area contributed by atoms with Crippen LogP contribution in [-0.4, -0.2) is 37.1 Å². The van der Waals surface area contributed by atoms with Crippen LogP contribution in [0.1, 0.15) is 42.4 Å². The lowest BCUT2D eigenvalue weighted by molar-refractivity contribution is -0.130. The van der Waals surface area contributed by atoms with Crippen molar-refractivity contribution in [3.63, 3.8) is 0 Å². The van der Waals surface area contributed by atoms with Gasteiger partial charge in [0.1, 0.15) is 0 Å². The molecule has 1 N–H and O–H groups in total. The number of nitrogens with zero attached hydrogens (tertiary/aromatic N) is 1. The molecule has 0 aromatic heterocycles. The molecule has 2 aromatic rings. The van der Waals surface area contributed by atoms with Gasteiger partial charge in [-0.25, -0.2) is 0 Å². The van der Waals surface area contributed by atoms with Gasteiger partial charge in [0.2, 0.25) is 5.91 Å². The normalized spacial score (nSPS) is 19.4. The quantitative estimate of drug-likeness (QED) is 0.834. The molecule has 2 aliphatic rings. The topological polar surface area (TPSA) is 41.6 Å². The Morgan fingerprint density at radius 1 is 0.929 bits per heavy atom. The predicted molar refractivity (Wildman–Crippen MR) is 111 cm³/mol. The molecule has 4 heteroatoms. The van der Waals surface area contributed by atoms with E-state index < -0.39 is 5.41 Å². The fourth-order valence-corrected chi connectivity index (χ4v) is 4.44. The first-order chi connectivity index (χ1) is 13.8. The molecular weight excluding hydrogens is 348 g/mol. The van der Waals surface area contributed by atoms with Crippen molar-refractivity contribution in [1.82, 2.24) is 10.2 Å². The fourth-order valence-electron chi connectivity index (χ4n) is 4.44. The van der Waals surface area contributed by atoms with Gasteiger partial charge in [0, 0.05) is 26.3 Å². The molecule has 0 saturated carbocycles. The van der Waals surface area contributed by atoms with Crippen LogP contribution < -0.4 is 5.32 Å². The van der Waals surface area contributed by atoms with Gasteiger partial charge in [0.15, 0.2) is 0 Å². The SMILES string of the molecule is O=C(NCc1ccc(CN2CCCC2)cc1)C1(c2ccccc2)CCOCC1. The average Bonchev–Trinajstić information content (AvgIpc) is 3.27. The summed E-state index contributed by atoms with van der Waals surface area (Å²) in [5, 5.41) is 3.20. The van der Waals surface area contributed by atoms with E-state index in [1.807, 2.05) is 18.2 Å². The zero-order chi connectivity index (χ0) is 19.2. The molecule has 0 bridgehead atoms. The summed E-state index contributed by atoms with van der Waals surface area (Å²) in [7, 11) is 0. The third-order valence-electron chi connectivity index (χ3n) is 6.19. The van der Waals surface area contributed by atoms with Crippen LogP contribution in [0.25, 0.3) is 0 Å². The van der Waals surface area contributed by atoms with Gasteiger partial charge in [-0.3, -0.25) is 9.69 Å². The molecule has 4 nitrogen and oxygen atoms in total. The zero-order valence-corrected chi connectivity index (χ0v) is 16.5. The second-order valence-electron chi connectivity index (χ2n) is 8.04. The zero-order valence-electron chi connectivity index (χ0n) is 16.5. The summed E-state index contributed by atoms with van der Waals surface area (Å²) >= 11 is 0. The summed E-state index contributed by atoms with van der Waals surface area (Å²) < 4.78 is 5.54. The number of hydrogen-bond donors (Lipinski definition) is 1. The van der Waals surface area contributed by atoms with Crippen LogP contribution in [0.3, 0.4) is 0 Å². The molecule has 0 aliphatic carbocycles. The van der Waals surface area contributed by atoms with Crippen molar-refractivity contribution in [2.75, 3.05) is 26.3 Å². The minimum Gasteiger partial charge on any atom is -0.381 e. The van der Waals surface area contributed by atoms with E-state index in [9.17, 15) is 4.79 Å². The van der Waals surface area contributed by atoms with E-state index >= 15 is 0 Å². The number of likely N-dealkylation sites (tertiary alicyclic amines) is 1. The third-order valence-corrected chi connectivity index (χ3v) is 6.19. The number of carbonyl (C=O) groups is 1. The Morgan fingerprint density at radius 3 is 2.25 bits per heavy atom. The van der Waals surface area contributed by atoms with Crippen molar-refractivity contribution in [2.45, 2.75) is 44.2 Å². The molecule has 2 aliphatic heterocycles. The lowest BCUT2D eigenvalue weighted by Gasteiger charge is -2.36. The van der Waals surface area contributed by atoms with E-state index in [-0.39, 0.29) is 5.91 Å². The van der Waals surface area contributed by atoms with Crippen molar-refractivity contribution in [2.24, 2.45) is 0 Å². The van der Waals surface area contributed by atoms with E-state index in [0.29, 0.717) is 19.8 Å². The van der Waals surface area contributed by atoms with E-state index in [0.717, 1.165) is 30.5 Å². The van der Waals surface area contributed by atoms with Crippen LogP contribution in [0.2, 0.25) is 0 Å². The number of amides is 1. The van der Waals surface area contributed by atoms with Gasteiger partial charge in [-0.05, 0) is 55.5 Å². The third kappa shape index (κ3) is 4.29. The Bertz CT molecular complexity index is 761. The van der Waals surface area contributed by atoms with Crippen LogP contribution in [0.4, 0.5) is 0 Å². The molecule has 2 fully saturated rings. The molecule has 0 spiro atoms. The van der Waals surface area contributed by atoms with Gasteiger partial charge >= 0.3 is 0 Å². The van der Waals surface area contributed by atoms with Gasteiger partial charge in [-0.15, -0.1) is 0 Å². The van der Waals surface area contributed by atoms with Gasteiger partial charge < -0.3 is 10.1 Å². The molecule has 2 aromatic carbocycles. The Hall–Kier alpha value is -2.17. The van der Waals surface area contributed by atoms with Gasteiger partial charge in [0.05, 0.1) is 5.41 Å². The first-order valence-corrected chi connectivity index (χ1v) is 10.5. The van der Waals surface area contributed by atoms with Crippen LogP contribution in [0.15, 0.2) is 54.6 Å². The molecule has 2 heterocycles. The number of rotatable bonds is 6. The minimum atomic E-state index is -0.477. The minimum absolute atomic E-state index is 0.114. The van der Waals surface area contributed by atoms with E-state index in [1.165, 1.54) is 31.5 Å². The predicted octanol–water partition coefficient (Wildman–Crippen LogP) is 3.65. The molecule has 2 saturated heterocycles. The second-order valence-corrected chi connectivity index (χ2v) is 8.04. The molecular formula is C24H30N2O2. The number of nitrogens with one attached hydrogen (secondary N) is 1. The maximum atomic E-state index is 13.2. The van der Waals surface area contributed by atoms with Crippen molar-refractivity contribution in [3.05, 3.63) is 71.3 Å². The van der Waals surface area contributed by atoms with Gasteiger partial charge in [-0.2, -0.15) is 0 Å². The molecule has 0 radical (unpaired) electrons. The number of carbonyl (C=O) groups excluding carboxylic acids is 1. The van der Waals surface area contributed by atoms with Crippen molar-refractivity contribution in [3.8, 4) is 0 Å². The highest BCUT2D eigenvalue weighted by Crippen LogP contribution is 2.35. The Labute approximate surface area is 167 Å². The van der Waals surface area contributed by atoms with Crippen LogP contribution in [0.5, 0.6) is 0 Å². The van der Waals surface area contributed by atoms with Crippen LogP contribution in [-0.2, 0) is 28.0 Å². The number of benzene rings is 2. The fraction of sp³-hybridized carbons (Fsp3) is 0.458.